The summed E-state index contributed by atoms with van der Waals surface area (Å²) in [6.45, 7) is 2.54. The lowest BCUT2D eigenvalue weighted by molar-refractivity contribution is -0.119. The van der Waals surface area contributed by atoms with Crippen LogP contribution in [0.4, 0.5) is 0 Å². The summed E-state index contributed by atoms with van der Waals surface area (Å²) in [5, 5.41) is 2.64. The number of carbonyl (C=O) groups excluding carboxylic acids is 1. The minimum absolute atomic E-state index is 0.134. The first-order chi connectivity index (χ1) is 10.3. The highest BCUT2D eigenvalue weighted by Crippen LogP contribution is 2.20. The standard InChI is InChI=1S/C14H23N3O4S/c1-11-9-12(21-4)5-6-13(11)22(19,20)16-10-14(18)15-7-8-17(2)3/h5-6,9,16H,7-8,10H2,1-4H3,(H,15,18). The van der Waals surface area contributed by atoms with E-state index in [1.54, 1.807) is 19.1 Å². The maximum atomic E-state index is 12.2. The van der Waals surface area contributed by atoms with Crippen LogP contribution in [0.15, 0.2) is 23.1 Å². The van der Waals surface area contributed by atoms with Crippen molar-refractivity contribution in [3.8, 4) is 5.75 Å². The second-order valence-electron chi connectivity index (χ2n) is 5.11. The van der Waals surface area contributed by atoms with E-state index in [1.807, 2.05) is 19.0 Å². The van der Waals surface area contributed by atoms with Gasteiger partial charge in [-0.2, -0.15) is 0 Å². The van der Waals surface area contributed by atoms with Crippen LogP contribution in [-0.2, 0) is 14.8 Å². The first kappa shape index (κ1) is 18.4. The predicted octanol–water partition coefficient (Wildman–Crippen LogP) is -0.0403. The van der Waals surface area contributed by atoms with E-state index in [9.17, 15) is 13.2 Å². The third-order valence-corrected chi connectivity index (χ3v) is 4.54. The van der Waals surface area contributed by atoms with Crippen molar-refractivity contribution in [2.24, 2.45) is 0 Å². The number of hydrogen-bond acceptors (Lipinski definition) is 5. The average molecular weight is 329 g/mol. The van der Waals surface area contributed by atoms with Gasteiger partial charge >= 0.3 is 0 Å². The second kappa shape index (κ2) is 8.11. The van der Waals surface area contributed by atoms with Gasteiger partial charge in [0.1, 0.15) is 5.75 Å². The summed E-state index contributed by atoms with van der Waals surface area (Å²) in [5.74, 6) is 0.217. The number of nitrogens with zero attached hydrogens (tertiary/aromatic N) is 1. The molecular formula is C14H23N3O4S. The molecule has 2 N–H and O–H groups in total. The summed E-state index contributed by atoms with van der Waals surface area (Å²) in [5.41, 5.74) is 0.555. The highest BCUT2D eigenvalue weighted by atomic mass is 32.2. The third kappa shape index (κ3) is 5.63. The molecule has 0 saturated heterocycles. The Balaban J connectivity index is 2.62. The van der Waals surface area contributed by atoms with E-state index < -0.39 is 10.0 Å². The van der Waals surface area contributed by atoms with Gasteiger partial charge in [0, 0.05) is 13.1 Å². The average Bonchev–Trinajstić information content (AvgIpc) is 2.44. The smallest absolute Gasteiger partial charge is 0.241 e. The van der Waals surface area contributed by atoms with Crippen LogP contribution >= 0.6 is 0 Å². The number of rotatable bonds is 8. The topological polar surface area (TPSA) is 87.7 Å². The number of methoxy groups -OCH3 is 1. The molecule has 1 aromatic carbocycles. The molecule has 1 rings (SSSR count). The summed E-state index contributed by atoms with van der Waals surface area (Å²) in [7, 11) is 1.56. The highest BCUT2D eigenvalue weighted by molar-refractivity contribution is 7.89. The Morgan fingerprint density at radius 3 is 2.55 bits per heavy atom. The fourth-order valence-electron chi connectivity index (χ4n) is 1.77. The van der Waals surface area contributed by atoms with Gasteiger partial charge in [0.05, 0.1) is 18.6 Å². The molecule has 8 heteroatoms. The summed E-state index contributed by atoms with van der Waals surface area (Å²) in [6.07, 6.45) is 0. The van der Waals surface area contributed by atoms with Crippen molar-refractivity contribution in [2.75, 3.05) is 40.8 Å². The molecule has 0 bridgehead atoms. The van der Waals surface area contributed by atoms with Crippen LogP contribution in [0.1, 0.15) is 5.56 Å². The maximum absolute atomic E-state index is 12.2. The van der Waals surface area contributed by atoms with Crippen LogP contribution in [-0.4, -0.2) is 60.1 Å². The van der Waals surface area contributed by atoms with Gasteiger partial charge in [-0.25, -0.2) is 13.1 Å². The Hall–Kier alpha value is -1.64. The summed E-state index contributed by atoms with van der Waals surface area (Å²) >= 11 is 0. The minimum atomic E-state index is -3.73. The summed E-state index contributed by atoms with van der Waals surface area (Å²) in [6, 6.07) is 4.66. The van der Waals surface area contributed by atoms with Gasteiger partial charge in [0.15, 0.2) is 0 Å². The SMILES string of the molecule is COc1ccc(S(=O)(=O)NCC(=O)NCCN(C)C)c(C)c1. The number of carbonyl (C=O) groups is 1. The molecule has 0 aromatic heterocycles. The first-order valence-corrected chi connectivity index (χ1v) is 8.30. The summed E-state index contributed by atoms with van der Waals surface area (Å²) < 4.78 is 31.7. The number of sulfonamides is 1. The molecule has 0 atom stereocenters. The van der Waals surface area contributed by atoms with E-state index in [4.69, 9.17) is 4.74 Å². The highest BCUT2D eigenvalue weighted by Gasteiger charge is 2.18. The molecule has 0 aliphatic heterocycles. The van der Waals surface area contributed by atoms with Crippen molar-refractivity contribution in [1.82, 2.24) is 14.9 Å². The lowest BCUT2D eigenvalue weighted by Crippen LogP contribution is -2.39. The molecule has 0 radical (unpaired) electrons. The van der Waals surface area contributed by atoms with E-state index in [2.05, 4.69) is 10.0 Å². The maximum Gasteiger partial charge on any atom is 0.241 e. The number of ether oxygens (including phenoxy) is 1. The lowest BCUT2D eigenvalue weighted by Gasteiger charge is -2.12. The van der Waals surface area contributed by atoms with Gasteiger partial charge < -0.3 is 15.0 Å². The molecule has 0 aliphatic rings. The molecule has 0 spiro atoms. The zero-order chi connectivity index (χ0) is 16.8. The minimum Gasteiger partial charge on any atom is -0.497 e. The van der Waals surface area contributed by atoms with Gasteiger partial charge in [-0.3, -0.25) is 4.79 Å². The van der Waals surface area contributed by atoms with Gasteiger partial charge in [-0.15, -0.1) is 0 Å². The van der Waals surface area contributed by atoms with Crippen molar-refractivity contribution in [1.29, 1.82) is 0 Å². The molecule has 22 heavy (non-hydrogen) atoms. The monoisotopic (exact) mass is 329 g/mol. The fraction of sp³-hybridized carbons (Fsp3) is 0.500. The largest absolute Gasteiger partial charge is 0.497 e. The van der Waals surface area contributed by atoms with Gasteiger partial charge in [0.2, 0.25) is 15.9 Å². The number of hydrogen-bond donors (Lipinski definition) is 2. The van der Waals surface area contributed by atoms with Gasteiger partial charge in [-0.05, 0) is 44.8 Å². The normalized spacial score (nSPS) is 11.5. The zero-order valence-corrected chi connectivity index (χ0v) is 14.2. The Morgan fingerprint density at radius 2 is 2.00 bits per heavy atom. The number of nitrogens with one attached hydrogen (secondary N) is 2. The van der Waals surface area contributed by atoms with E-state index in [-0.39, 0.29) is 17.3 Å². The van der Waals surface area contributed by atoms with Crippen LogP contribution < -0.4 is 14.8 Å². The van der Waals surface area contributed by atoms with Crippen LogP contribution in [0, 0.1) is 6.92 Å². The van der Waals surface area contributed by atoms with E-state index >= 15 is 0 Å². The van der Waals surface area contributed by atoms with Crippen LogP contribution in [0.3, 0.4) is 0 Å². The predicted molar refractivity (Wildman–Crippen MR) is 84.5 cm³/mol. The molecule has 0 fully saturated rings. The Labute approximate surface area is 131 Å². The van der Waals surface area contributed by atoms with Crippen molar-refractivity contribution in [2.45, 2.75) is 11.8 Å². The molecule has 1 amide bonds. The van der Waals surface area contributed by atoms with E-state index in [0.29, 0.717) is 24.4 Å². The number of likely N-dealkylation sites (N-methyl/N-ethyl adjacent to an activating group) is 1. The van der Waals surface area contributed by atoms with E-state index in [0.717, 1.165) is 0 Å². The second-order valence-corrected chi connectivity index (χ2v) is 6.84. The van der Waals surface area contributed by atoms with Gasteiger partial charge in [-0.1, -0.05) is 0 Å². The van der Waals surface area contributed by atoms with Crippen LogP contribution in [0.2, 0.25) is 0 Å². The molecular weight excluding hydrogens is 306 g/mol. The number of benzene rings is 1. The van der Waals surface area contributed by atoms with Crippen molar-refractivity contribution in [3.63, 3.8) is 0 Å². The molecule has 0 unspecified atom stereocenters. The molecule has 7 nitrogen and oxygen atoms in total. The van der Waals surface area contributed by atoms with Crippen LogP contribution in [0.25, 0.3) is 0 Å². The lowest BCUT2D eigenvalue weighted by atomic mass is 10.2. The zero-order valence-electron chi connectivity index (χ0n) is 13.3. The molecule has 0 saturated carbocycles. The van der Waals surface area contributed by atoms with Crippen molar-refractivity contribution >= 4 is 15.9 Å². The molecule has 0 heterocycles. The number of amides is 1. The van der Waals surface area contributed by atoms with Crippen molar-refractivity contribution < 1.29 is 17.9 Å². The Bertz CT molecular complexity index is 615. The van der Waals surface area contributed by atoms with Gasteiger partial charge in [0.25, 0.3) is 0 Å². The first-order valence-electron chi connectivity index (χ1n) is 6.82. The molecule has 0 aliphatic carbocycles. The Morgan fingerprint density at radius 1 is 1.32 bits per heavy atom. The summed E-state index contributed by atoms with van der Waals surface area (Å²) in [4.78, 5) is 13.7. The van der Waals surface area contributed by atoms with E-state index in [1.165, 1.54) is 13.2 Å². The molecule has 124 valence electrons. The van der Waals surface area contributed by atoms with Crippen LogP contribution in [0.5, 0.6) is 5.75 Å². The number of aryl methyl sites for hydroxylation is 1. The third-order valence-electron chi connectivity index (χ3n) is 2.98. The quantitative estimate of drug-likeness (QED) is 0.699. The van der Waals surface area contributed by atoms with Crippen molar-refractivity contribution in [3.05, 3.63) is 23.8 Å². The molecule has 1 aromatic rings. The Kier molecular flexibility index (Phi) is 6.79. The fourth-order valence-corrected chi connectivity index (χ4v) is 2.98.